The Morgan fingerprint density at radius 3 is 1.27 bits per heavy atom. The molecule has 7 heteroatoms. The van der Waals surface area contributed by atoms with Gasteiger partial charge in [-0.05, 0) is 13.1 Å². The van der Waals surface area contributed by atoms with Crippen LogP contribution in [0.5, 0.6) is 0 Å². The summed E-state index contributed by atoms with van der Waals surface area (Å²) in [7, 11) is 0. The first-order chi connectivity index (χ1) is 6.00. The van der Waals surface area contributed by atoms with Gasteiger partial charge in [0.1, 0.15) is 0 Å². The van der Waals surface area contributed by atoms with Crippen molar-refractivity contribution in [1.82, 2.24) is 5.32 Å². The van der Waals surface area contributed by atoms with Crippen LogP contribution in [-0.2, 0) is 63.2 Å². The zero-order chi connectivity index (χ0) is 8.49. The molecule has 90 valence electrons. The molecule has 0 saturated carbocycles. The van der Waals surface area contributed by atoms with E-state index in [2.05, 4.69) is 21.3 Å². The maximum Gasteiger partial charge on any atom is 0 e. The van der Waals surface area contributed by atoms with E-state index in [4.69, 9.17) is 0 Å². The molecular formula is C8H17N4W3-3. The number of hydrogen-bond donors (Lipinski definition) is 1. The summed E-state index contributed by atoms with van der Waals surface area (Å²) in [6.45, 7) is 7.28. The maximum absolute atomic E-state index is 4.32. The average molecular weight is 721 g/mol. The van der Waals surface area contributed by atoms with Crippen LogP contribution >= 0.6 is 0 Å². The largest absolute Gasteiger partial charge is 0.665 e. The van der Waals surface area contributed by atoms with Crippen molar-refractivity contribution in [3.8, 4) is 0 Å². The summed E-state index contributed by atoms with van der Waals surface area (Å²) in [6.07, 6.45) is 0. The third-order valence-corrected chi connectivity index (χ3v) is 1.73. The summed E-state index contributed by atoms with van der Waals surface area (Å²) in [5.41, 5.74) is 0. The summed E-state index contributed by atoms with van der Waals surface area (Å²) in [5, 5.41) is 16.2. The van der Waals surface area contributed by atoms with E-state index < -0.39 is 0 Å². The van der Waals surface area contributed by atoms with E-state index in [0.717, 1.165) is 52.4 Å². The van der Waals surface area contributed by atoms with Crippen molar-refractivity contribution in [3.63, 3.8) is 0 Å². The number of nitrogens with zero attached hydrogens (tertiary/aromatic N) is 3. The van der Waals surface area contributed by atoms with Crippen LogP contribution in [0.3, 0.4) is 0 Å². The van der Waals surface area contributed by atoms with Gasteiger partial charge in [0.05, 0.1) is 0 Å². The van der Waals surface area contributed by atoms with Gasteiger partial charge in [-0.15, -0.1) is 13.1 Å². The van der Waals surface area contributed by atoms with Gasteiger partial charge in [-0.3, -0.25) is 0 Å². The van der Waals surface area contributed by atoms with Gasteiger partial charge in [0.2, 0.25) is 0 Å². The van der Waals surface area contributed by atoms with Crippen molar-refractivity contribution in [2.45, 2.75) is 0 Å². The van der Waals surface area contributed by atoms with Gasteiger partial charge >= 0.3 is 0 Å². The van der Waals surface area contributed by atoms with Gasteiger partial charge in [0.25, 0.3) is 0 Å². The quantitative estimate of drug-likeness (QED) is 0.394. The van der Waals surface area contributed by atoms with Crippen LogP contribution in [0, 0.1) is 0 Å². The minimum atomic E-state index is 0. The molecule has 0 bridgehead atoms. The van der Waals surface area contributed by atoms with Crippen LogP contribution in [0.4, 0.5) is 0 Å². The zero-order valence-electron chi connectivity index (χ0n) is 8.72. The molecule has 4 nitrogen and oxygen atoms in total. The van der Waals surface area contributed by atoms with Crippen molar-refractivity contribution in [2.24, 2.45) is 0 Å². The molecule has 0 spiro atoms. The van der Waals surface area contributed by atoms with E-state index in [0.29, 0.717) is 0 Å². The third kappa shape index (κ3) is 15.9. The van der Waals surface area contributed by atoms with Crippen LogP contribution in [-0.4, -0.2) is 52.4 Å². The number of rotatable bonds is 0. The van der Waals surface area contributed by atoms with Crippen LogP contribution in [0.2, 0.25) is 0 Å². The first kappa shape index (κ1) is 22.1. The van der Waals surface area contributed by atoms with Gasteiger partial charge in [-0.2, -0.15) is 26.2 Å². The molecule has 0 aromatic heterocycles. The molecule has 0 amide bonds. The third-order valence-electron chi connectivity index (χ3n) is 1.73. The molecule has 1 N–H and O–H groups in total. The summed E-state index contributed by atoms with van der Waals surface area (Å²) in [5.74, 6) is 0. The van der Waals surface area contributed by atoms with Crippen molar-refractivity contribution < 1.29 is 63.2 Å². The fourth-order valence-electron chi connectivity index (χ4n) is 1.06. The minimum Gasteiger partial charge on any atom is -0.665 e. The zero-order valence-corrected chi connectivity index (χ0v) is 17.5. The fourth-order valence-corrected chi connectivity index (χ4v) is 1.06. The SMILES string of the molecule is C1C[N-]CCNCC[N-]CC[N-]1.[W].[W].[W]. The summed E-state index contributed by atoms with van der Waals surface area (Å²) >= 11 is 0. The Balaban J connectivity index is -0.000000480. The number of nitrogens with one attached hydrogen (secondary N) is 1. The molecule has 1 fully saturated rings. The Morgan fingerprint density at radius 1 is 0.533 bits per heavy atom. The van der Waals surface area contributed by atoms with Crippen LogP contribution in [0.1, 0.15) is 0 Å². The molecule has 1 saturated heterocycles. The smallest absolute Gasteiger partial charge is 0 e. The normalized spacial score (nSPS) is 19.2. The predicted molar refractivity (Wildman–Crippen MR) is 52.1 cm³/mol. The Bertz CT molecular complexity index is 64.9. The summed E-state index contributed by atoms with van der Waals surface area (Å²) < 4.78 is 0. The molecule has 1 aliphatic rings. The fraction of sp³-hybridized carbons (Fsp3) is 1.00. The van der Waals surface area contributed by atoms with Crippen LogP contribution in [0.25, 0.3) is 16.0 Å². The Hall–Kier alpha value is 1.90. The van der Waals surface area contributed by atoms with Crippen molar-refractivity contribution in [3.05, 3.63) is 16.0 Å². The first-order valence-electron chi connectivity index (χ1n) is 4.60. The molecule has 1 heterocycles. The van der Waals surface area contributed by atoms with Gasteiger partial charge in [0, 0.05) is 63.2 Å². The number of hydrogen-bond acceptors (Lipinski definition) is 1. The second kappa shape index (κ2) is 18.3. The molecular weight excluding hydrogens is 704 g/mol. The average Bonchev–Trinajstić information content (AvgIpc) is 2.05. The molecule has 0 unspecified atom stereocenters. The van der Waals surface area contributed by atoms with E-state index in [1.54, 1.807) is 0 Å². The molecule has 1 aliphatic heterocycles. The summed E-state index contributed by atoms with van der Waals surface area (Å²) in [6, 6.07) is 0. The van der Waals surface area contributed by atoms with Gasteiger partial charge in [-0.25, -0.2) is 0 Å². The van der Waals surface area contributed by atoms with Crippen molar-refractivity contribution in [2.75, 3.05) is 52.4 Å². The molecule has 15 heavy (non-hydrogen) atoms. The monoisotopic (exact) mass is 721 g/mol. The second-order valence-corrected chi connectivity index (χ2v) is 2.76. The van der Waals surface area contributed by atoms with E-state index >= 15 is 0 Å². The Kier molecular flexibility index (Phi) is 26.9. The molecule has 0 atom stereocenters. The topological polar surface area (TPSA) is 54.3 Å². The predicted octanol–water partition coefficient (Wildman–Crippen LogP) is 0.703. The van der Waals surface area contributed by atoms with Crippen molar-refractivity contribution in [1.29, 1.82) is 0 Å². The standard InChI is InChI=1S/C8H17N4.3W/c1-2-10-5-6-12-8-7-11-4-3-9-1;;;/h9H,1-8H2;;;/q-3;;;. The molecule has 0 aliphatic carbocycles. The molecule has 1 rings (SSSR count). The molecule has 0 radical (unpaired) electrons. The molecule has 0 aromatic rings. The van der Waals surface area contributed by atoms with Crippen LogP contribution in [0.15, 0.2) is 0 Å². The van der Waals surface area contributed by atoms with E-state index in [1.807, 2.05) is 0 Å². The Morgan fingerprint density at radius 2 is 0.867 bits per heavy atom. The van der Waals surface area contributed by atoms with Gasteiger partial charge in [0.15, 0.2) is 0 Å². The Labute approximate surface area is 136 Å². The van der Waals surface area contributed by atoms with Crippen molar-refractivity contribution >= 4 is 0 Å². The molecule has 0 aromatic carbocycles. The first-order valence-corrected chi connectivity index (χ1v) is 4.60. The van der Waals surface area contributed by atoms with E-state index in [9.17, 15) is 0 Å². The van der Waals surface area contributed by atoms with Crippen LogP contribution < -0.4 is 5.32 Å². The summed E-state index contributed by atoms with van der Waals surface area (Å²) in [4.78, 5) is 0. The van der Waals surface area contributed by atoms with E-state index in [1.165, 1.54) is 0 Å². The van der Waals surface area contributed by atoms with Gasteiger partial charge < -0.3 is 21.3 Å². The van der Waals surface area contributed by atoms with Gasteiger partial charge in [-0.1, -0.05) is 0 Å². The minimum absolute atomic E-state index is 0. The second-order valence-electron chi connectivity index (χ2n) is 2.76. The van der Waals surface area contributed by atoms with E-state index in [-0.39, 0.29) is 63.2 Å². The maximum atomic E-state index is 4.32.